The second-order valence-electron chi connectivity index (χ2n) is 4.18. The first kappa shape index (κ1) is 14.4. The van der Waals surface area contributed by atoms with Gasteiger partial charge < -0.3 is 10.1 Å². The summed E-state index contributed by atoms with van der Waals surface area (Å²) in [5, 5.41) is 11.1. The highest BCUT2D eigenvalue weighted by atomic mass is 19.2. The molecule has 5 nitrogen and oxygen atoms in total. The van der Waals surface area contributed by atoms with Gasteiger partial charge in [0.05, 0.1) is 12.2 Å². The number of nitrogens with zero attached hydrogens (tertiary/aromatic N) is 3. The van der Waals surface area contributed by atoms with Crippen LogP contribution in [0.15, 0.2) is 24.4 Å². The Balaban J connectivity index is 1.80. The SMILES string of the molecule is CCNCc1cn(CCOc2ccc(F)c(F)c2)nn1. The molecule has 108 valence electrons. The molecule has 7 heteroatoms. The van der Waals surface area contributed by atoms with Gasteiger partial charge in [-0.15, -0.1) is 5.10 Å². The Labute approximate surface area is 115 Å². The average Bonchev–Trinajstić information content (AvgIpc) is 2.88. The van der Waals surface area contributed by atoms with E-state index in [9.17, 15) is 8.78 Å². The van der Waals surface area contributed by atoms with Gasteiger partial charge in [-0.05, 0) is 18.7 Å². The molecule has 0 radical (unpaired) electrons. The minimum absolute atomic E-state index is 0.289. The van der Waals surface area contributed by atoms with Gasteiger partial charge >= 0.3 is 0 Å². The second kappa shape index (κ2) is 6.95. The Morgan fingerprint density at radius 3 is 2.90 bits per heavy atom. The molecule has 1 aromatic heterocycles. The summed E-state index contributed by atoms with van der Waals surface area (Å²) in [5.74, 6) is -1.52. The summed E-state index contributed by atoms with van der Waals surface area (Å²) >= 11 is 0. The second-order valence-corrected chi connectivity index (χ2v) is 4.18. The molecule has 0 aliphatic heterocycles. The minimum atomic E-state index is -0.920. The Kier molecular flexibility index (Phi) is 5.00. The Bertz CT molecular complexity index is 559. The topological polar surface area (TPSA) is 52.0 Å². The lowest BCUT2D eigenvalue weighted by molar-refractivity contribution is 0.287. The van der Waals surface area contributed by atoms with Gasteiger partial charge in [-0.2, -0.15) is 0 Å². The molecule has 0 saturated heterocycles. The molecule has 2 aromatic rings. The van der Waals surface area contributed by atoms with E-state index in [0.29, 0.717) is 19.7 Å². The summed E-state index contributed by atoms with van der Waals surface area (Å²) < 4.78 is 32.7. The lowest BCUT2D eigenvalue weighted by Crippen LogP contribution is -2.12. The van der Waals surface area contributed by atoms with E-state index in [2.05, 4.69) is 15.6 Å². The molecule has 0 bridgehead atoms. The fraction of sp³-hybridized carbons (Fsp3) is 0.385. The summed E-state index contributed by atoms with van der Waals surface area (Å²) in [6.07, 6.45) is 1.82. The number of rotatable bonds is 7. The number of hydrogen-bond donors (Lipinski definition) is 1. The molecular weight excluding hydrogens is 266 g/mol. The van der Waals surface area contributed by atoms with Crippen LogP contribution >= 0.6 is 0 Å². The van der Waals surface area contributed by atoms with E-state index in [4.69, 9.17) is 4.74 Å². The van der Waals surface area contributed by atoms with Gasteiger partial charge in [-0.25, -0.2) is 13.5 Å². The molecule has 0 fully saturated rings. The molecule has 1 heterocycles. The van der Waals surface area contributed by atoms with Crippen molar-refractivity contribution in [2.45, 2.75) is 20.0 Å². The lowest BCUT2D eigenvalue weighted by atomic mass is 10.3. The third-order valence-electron chi connectivity index (χ3n) is 2.62. The molecule has 0 unspecified atom stereocenters. The van der Waals surface area contributed by atoms with E-state index in [-0.39, 0.29) is 5.75 Å². The summed E-state index contributed by atoms with van der Waals surface area (Å²) in [6, 6.07) is 3.44. The maximum atomic E-state index is 13.0. The number of halogens is 2. The van der Waals surface area contributed by atoms with Gasteiger partial charge in [-0.1, -0.05) is 12.1 Å². The van der Waals surface area contributed by atoms with E-state index in [1.807, 2.05) is 13.1 Å². The van der Waals surface area contributed by atoms with Gasteiger partial charge in [0.15, 0.2) is 11.6 Å². The molecule has 0 amide bonds. The quantitative estimate of drug-likeness (QED) is 0.840. The average molecular weight is 282 g/mol. The highest BCUT2D eigenvalue weighted by Gasteiger charge is 2.04. The monoisotopic (exact) mass is 282 g/mol. The van der Waals surface area contributed by atoms with Gasteiger partial charge in [0.1, 0.15) is 12.4 Å². The van der Waals surface area contributed by atoms with Crippen molar-refractivity contribution >= 4 is 0 Å². The van der Waals surface area contributed by atoms with Crippen LogP contribution in [0.25, 0.3) is 0 Å². The third kappa shape index (κ3) is 3.99. The van der Waals surface area contributed by atoms with Crippen molar-refractivity contribution in [1.29, 1.82) is 0 Å². The van der Waals surface area contributed by atoms with Crippen LogP contribution in [-0.2, 0) is 13.1 Å². The fourth-order valence-electron chi connectivity index (χ4n) is 1.61. The molecule has 2 rings (SSSR count). The first-order valence-corrected chi connectivity index (χ1v) is 6.36. The van der Waals surface area contributed by atoms with Crippen LogP contribution in [0, 0.1) is 11.6 Å². The Morgan fingerprint density at radius 2 is 2.15 bits per heavy atom. The summed E-state index contributed by atoms with van der Waals surface area (Å²) in [7, 11) is 0. The van der Waals surface area contributed by atoms with Gasteiger partial charge in [0.25, 0.3) is 0 Å². The first-order chi connectivity index (χ1) is 9.69. The van der Waals surface area contributed by atoms with Gasteiger partial charge in [0, 0.05) is 18.8 Å². The molecule has 0 atom stereocenters. The van der Waals surface area contributed by atoms with Crippen LogP contribution in [0.5, 0.6) is 5.75 Å². The van der Waals surface area contributed by atoms with Crippen LogP contribution in [0.4, 0.5) is 8.78 Å². The highest BCUT2D eigenvalue weighted by molar-refractivity contribution is 5.23. The number of benzene rings is 1. The van der Waals surface area contributed by atoms with Gasteiger partial charge in [0.2, 0.25) is 0 Å². The van der Waals surface area contributed by atoms with Crippen molar-refractivity contribution in [3.05, 3.63) is 41.7 Å². The Morgan fingerprint density at radius 1 is 1.30 bits per heavy atom. The maximum Gasteiger partial charge on any atom is 0.162 e. The van der Waals surface area contributed by atoms with Crippen LogP contribution in [0.3, 0.4) is 0 Å². The predicted octanol–water partition coefficient (Wildman–Crippen LogP) is 1.74. The molecule has 1 aromatic carbocycles. The van der Waals surface area contributed by atoms with E-state index < -0.39 is 11.6 Å². The van der Waals surface area contributed by atoms with Crippen molar-refractivity contribution in [2.75, 3.05) is 13.2 Å². The van der Waals surface area contributed by atoms with Gasteiger partial charge in [-0.3, -0.25) is 0 Å². The molecular formula is C13H16F2N4O. The smallest absolute Gasteiger partial charge is 0.162 e. The minimum Gasteiger partial charge on any atom is -0.492 e. The van der Waals surface area contributed by atoms with Crippen molar-refractivity contribution in [3.63, 3.8) is 0 Å². The van der Waals surface area contributed by atoms with Crippen LogP contribution < -0.4 is 10.1 Å². The van der Waals surface area contributed by atoms with E-state index in [1.165, 1.54) is 6.07 Å². The maximum absolute atomic E-state index is 13.0. The Hall–Kier alpha value is -2.02. The van der Waals surface area contributed by atoms with Crippen molar-refractivity contribution in [1.82, 2.24) is 20.3 Å². The molecule has 0 saturated carbocycles. The molecule has 0 aliphatic rings. The third-order valence-corrected chi connectivity index (χ3v) is 2.62. The normalized spacial score (nSPS) is 10.8. The standard InChI is InChI=1S/C13H16F2N4O/c1-2-16-8-10-9-19(18-17-10)5-6-20-11-3-4-12(14)13(15)7-11/h3-4,7,9,16H,2,5-6,8H2,1H3. The zero-order valence-electron chi connectivity index (χ0n) is 11.1. The summed E-state index contributed by atoms with van der Waals surface area (Å²) in [4.78, 5) is 0. The number of nitrogens with one attached hydrogen (secondary N) is 1. The van der Waals surface area contributed by atoms with Crippen molar-refractivity contribution in [3.8, 4) is 5.75 Å². The van der Waals surface area contributed by atoms with Crippen LogP contribution in [0.2, 0.25) is 0 Å². The fourth-order valence-corrected chi connectivity index (χ4v) is 1.61. The van der Waals surface area contributed by atoms with Crippen LogP contribution in [0.1, 0.15) is 12.6 Å². The lowest BCUT2D eigenvalue weighted by Gasteiger charge is -2.06. The summed E-state index contributed by atoms with van der Waals surface area (Å²) in [5.41, 5.74) is 0.847. The molecule has 0 aliphatic carbocycles. The number of aromatic nitrogens is 3. The number of hydrogen-bond acceptors (Lipinski definition) is 4. The van der Waals surface area contributed by atoms with E-state index in [1.54, 1.807) is 4.68 Å². The molecule has 0 spiro atoms. The predicted molar refractivity (Wildman–Crippen MR) is 69.3 cm³/mol. The van der Waals surface area contributed by atoms with Crippen molar-refractivity contribution < 1.29 is 13.5 Å². The molecule has 20 heavy (non-hydrogen) atoms. The molecule has 1 N–H and O–H groups in total. The van der Waals surface area contributed by atoms with E-state index in [0.717, 1.165) is 24.4 Å². The largest absolute Gasteiger partial charge is 0.492 e. The zero-order valence-corrected chi connectivity index (χ0v) is 11.1. The van der Waals surface area contributed by atoms with E-state index >= 15 is 0 Å². The zero-order chi connectivity index (χ0) is 14.4. The van der Waals surface area contributed by atoms with Crippen molar-refractivity contribution in [2.24, 2.45) is 0 Å². The first-order valence-electron chi connectivity index (χ1n) is 6.36. The summed E-state index contributed by atoms with van der Waals surface area (Å²) in [6.45, 7) is 4.33. The van der Waals surface area contributed by atoms with Crippen LogP contribution in [-0.4, -0.2) is 28.1 Å². The number of ether oxygens (including phenoxy) is 1. The highest BCUT2D eigenvalue weighted by Crippen LogP contribution is 2.15.